The molecule has 0 radical (unpaired) electrons. The van der Waals surface area contributed by atoms with Crippen LogP contribution in [-0.2, 0) is 5.41 Å². The van der Waals surface area contributed by atoms with Crippen molar-refractivity contribution in [3.8, 4) is 0 Å². The SMILES string of the molecule is C=C(C)c1ccc(C(C)(C)C)cc1.C=C(C)c1cccc(C(=C)C)c1. The van der Waals surface area contributed by atoms with Crippen LogP contribution in [0, 0.1) is 0 Å². The molecule has 0 heterocycles. The summed E-state index contributed by atoms with van der Waals surface area (Å²) < 4.78 is 0. The summed E-state index contributed by atoms with van der Waals surface area (Å²) in [7, 11) is 0. The molecule has 2 aromatic carbocycles. The van der Waals surface area contributed by atoms with Crippen LogP contribution in [0.15, 0.2) is 68.3 Å². The second-order valence-corrected chi connectivity index (χ2v) is 7.75. The molecule has 0 nitrogen and oxygen atoms in total. The average Bonchev–Trinajstić information content (AvgIpc) is 2.54. The van der Waals surface area contributed by atoms with E-state index in [4.69, 9.17) is 0 Å². The summed E-state index contributed by atoms with van der Waals surface area (Å²) in [4.78, 5) is 0. The van der Waals surface area contributed by atoms with Gasteiger partial charge in [0.15, 0.2) is 0 Å². The molecule has 0 aliphatic rings. The zero-order valence-electron chi connectivity index (χ0n) is 16.7. The van der Waals surface area contributed by atoms with Crippen molar-refractivity contribution in [2.75, 3.05) is 0 Å². The highest BCUT2D eigenvalue weighted by atomic mass is 14.2. The van der Waals surface area contributed by atoms with Gasteiger partial charge in [-0.1, -0.05) is 99.7 Å². The van der Waals surface area contributed by atoms with Gasteiger partial charge in [0.2, 0.25) is 0 Å². The molecule has 0 bridgehead atoms. The molecule has 0 saturated heterocycles. The standard InChI is InChI=1S/C13H18.C12H14/c1-10(2)11-6-8-12(9-7-11)13(3,4)5;1-9(2)11-6-5-7-12(8-11)10(3)4/h6-9H,1H2,2-5H3;5-8H,1,3H2,2,4H3. The van der Waals surface area contributed by atoms with E-state index in [0.717, 1.165) is 16.7 Å². The van der Waals surface area contributed by atoms with Gasteiger partial charge in [0, 0.05) is 0 Å². The van der Waals surface area contributed by atoms with Crippen molar-refractivity contribution >= 4 is 16.7 Å². The zero-order valence-corrected chi connectivity index (χ0v) is 16.7. The summed E-state index contributed by atoms with van der Waals surface area (Å²) in [5, 5.41) is 0. The van der Waals surface area contributed by atoms with Gasteiger partial charge in [-0.15, -0.1) is 0 Å². The molecule has 0 aliphatic carbocycles. The normalized spacial score (nSPS) is 10.5. The Morgan fingerprint density at radius 3 is 1.36 bits per heavy atom. The number of hydrogen-bond acceptors (Lipinski definition) is 0. The molecular weight excluding hydrogens is 300 g/mol. The van der Waals surface area contributed by atoms with E-state index in [1.807, 2.05) is 26.8 Å². The maximum Gasteiger partial charge on any atom is -0.0132 e. The fourth-order valence-electron chi connectivity index (χ4n) is 2.30. The van der Waals surface area contributed by atoms with Crippen LogP contribution in [-0.4, -0.2) is 0 Å². The van der Waals surface area contributed by atoms with E-state index in [1.165, 1.54) is 22.3 Å². The van der Waals surface area contributed by atoms with E-state index >= 15 is 0 Å². The van der Waals surface area contributed by atoms with Crippen LogP contribution in [0.25, 0.3) is 16.7 Å². The van der Waals surface area contributed by atoms with Gasteiger partial charge in [0.1, 0.15) is 0 Å². The van der Waals surface area contributed by atoms with Gasteiger partial charge in [-0.2, -0.15) is 0 Å². The molecule has 0 unspecified atom stereocenters. The second-order valence-electron chi connectivity index (χ2n) is 7.75. The molecule has 25 heavy (non-hydrogen) atoms. The molecule has 0 spiro atoms. The lowest BCUT2D eigenvalue weighted by atomic mass is 9.86. The van der Waals surface area contributed by atoms with Gasteiger partial charge < -0.3 is 0 Å². The van der Waals surface area contributed by atoms with Gasteiger partial charge in [0.25, 0.3) is 0 Å². The Kier molecular flexibility index (Phi) is 7.18. The summed E-state index contributed by atoms with van der Waals surface area (Å²) in [6, 6.07) is 16.9. The maximum atomic E-state index is 3.92. The van der Waals surface area contributed by atoms with E-state index in [2.05, 4.69) is 83.0 Å². The van der Waals surface area contributed by atoms with Crippen LogP contribution < -0.4 is 0 Å². The largest absolute Gasteiger partial charge is 0.0955 e. The fraction of sp³-hybridized carbons (Fsp3) is 0.280. The maximum absolute atomic E-state index is 3.92. The highest BCUT2D eigenvalue weighted by molar-refractivity contribution is 5.68. The summed E-state index contributed by atoms with van der Waals surface area (Å²) >= 11 is 0. The lowest BCUT2D eigenvalue weighted by Crippen LogP contribution is -2.10. The lowest BCUT2D eigenvalue weighted by molar-refractivity contribution is 0.590. The van der Waals surface area contributed by atoms with Crippen LogP contribution >= 0.6 is 0 Å². The Balaban J connectivity index is 0.000000251. The molecule has 0 heteroatoms. The third-order valence-electron chi connectivity index (χ3n) is 4.09. The molecule has 2 aromatic rings. The van der Waals surface area contributed by atoms with Crippen LogP contribution in [0.1, 0.15) is 63.8 Å². The highest BCUT2D eigenvalue weighted by Crippen LogP contribution is 2.23. The van der Waals surface area contributed by atoms with E-state index in [0.29, 0.717) is 0 Å². The molecule has 0 aliphatic heterocycles. The zero-order chi connectivity index (χ0) is 19.2. The van der Waals surface area contributed by atoms with Crippen molar-refractivity contribution in [3.05, 3.63) is 90.5 Å². The van der Waals surface area contributed by atoms with Crippen LogP contribution in [0.4, 0.5) is 0 Å². The van der Waals surface area contributed by atoms with Crippen molar-refractivity contribution in [3.63, 3.8) is 0 Å². The minimum Gasteiger partial charge on any atom is -0.0955 e. The lowest BCUT2D eigenvalue weighted by Gasteiger charge is -2.19. The second kappa shape index (κ2) is 8.67. The molecule has 0 atom stereocenters. The van der Waals surface area contributed by atoms with Gasteiger partial charge in [-0.25, -0.2) is 0 Å². The van der Waals surface area contributed by atoms with Gasteiger partial charge >= 0.3 is 0 Å². The number of rotatable bonds is 3. The molecule has 2 rings (SSSR count). The monoisotopic (exact) mass is 332 g/mol. The van der Waals surface area contributed by atoms with Crippen molar-refractivity contribution in [1.29, 1.82) is 0 Å². The smallest absolute Gasteiger partial charge is 0.0132 e. The van der Waals surface area contributed by atoms with Crippen molar-refractivity contribution in [2.45, 2.75) is 47.0 Å². The first-order valence-corrected chi connectivity index (χ1v) is 8.70. The first-order chi connectivity index (χ1) is 11.5. The highest BCUT2D eigenvalue weighted by Gasteiger charge is 2.12. The molecule has 0 fully saturated rings. The minimum atomic E-state index is 0.244. The van der Waals surface area contributed by atoms with Crippen LogP contribution in [0.3, 0.4) is 0 Å². The summed E-state index contributed by atoms with van der Waals surface area (Å²) in [5.74, 6) is 0. The third-order valence-corrected chi connectivity index (χ3v) is 4.09. The Bertz CT molecular complexity index is 720. The van der Waals surface area contributed by atoms with E-state index in [1.54, 1.807) is 0 Å². The first kappa shape index (κ1) is 20.7. The number of hydrogen-bond donors (Lipinski definition) is 0. The number of benzene rings is 2. The predicted octanol–water partition coefficient (Wildman–Crippen LogP) is 7.77. The van der Waals surface area contributed by atoms with E-state index < -0.39 is 0 Å². The van der Waals surface area contributed by atoms with Gasteiger partial charge in [-0.3, -0.25) is 0 Å². The fourth-order valence-corrected chi connectivity index (χ4v) is 2.30. The van der Waals surface area contributed by atoms with E-state index in [9.17, 15) is 0 Å². The summed E-state index contributed by atoms with van der Waals surface area (Å²) in [6.45, 7) is 24.4. The Morgan fingerprint density at radius 2 is 1.04 bits per heavy atom. The average molecular weight is 333 g/mol. The van der Waals surface area contributed by atoms with Crippen LogP contribution in [0.5, 0.6) is 0 Å². The summed E-state index contributed by atoms with van der Waals surface area (Å²) in [5.41, 5.74) is 8.54. The Hall–Kier alpha value is -2.34. The van der Waals surface area contributed by atoms with Crippen molar-refractivity contribution in [2.24, 2.45) is 0 Å². The molecule has 0 amide bonds. The topological polar surface area (TPSA) is 0 Å². The quantitative estimate of drug-likeness (QED) is 0.538. The molecular formula is C25H32. The number of allylic oxidation sites excluding steroid dienone is 3. The minimum absolute atomic E-state index is 0.244. The van der Waals surface area contributed by atoms with Gasteiger partial charge in [-0.05, 0) is 54.5 Å². The molecule has 132 valence electrons. The van der Waals surface area contributed by atoms with Gasteiger partial charge in [0.05, 0.1) is 0 Å². The van der Waals surface area contributed by atoms with Crippen molar-refractivity contribution < 1.29 is 0 Å². The summed E-state index contributed by atoms with van der Waals surface area (Å²) in [6.07, 6.45) is 0. The Morgan fingerprint density at radius 1 is 0.640 bits per heavy atom. The molecule has 0 N–H and O–H groups in total. The van der Waals surface area contributed by atoms with Crippen LogP contribution in [0.2, 0.25) is 0 Å². The molecule has 0 aromatic heterocycles. The Labute approximate surface area is 154 Å². The van der Waals surface area contributed by atoms with E-state index in [-0.39, 0.29) is 5.41 Å². The van der Waals surface area contributed by atoms with Crippen molar-refractivity contribution in [1.82, 2.24) is 0 Å². The molecule has 0 saturated carbocycles. The third kappa shape index (κ3) is 6.58. The first-order valence-electron chi connectivity index (χ1n) is 8.70. The predicted molar refractivity (Wildman–Crippen MR) is 116 cm³/mol.